The molecular formula is C132H79B3N8O6S. The van der Waals surface area contributed by atoms with Gasteiger partial charge in [-0.1, -0.05) is 291 Å². The van der Waals surface area contributed by atoms with Gasteiger partial charge in [-0.3, -0.25) is 0 Å². The van der Waals surface area contributed by atoms with Crippen molar-refractivity contribution >= 4 is 218 Å². The van der Waals surface area contributed by atoms with Crippen molar-refractivity contribution in [3.63, 3.8) is 0 Å². The van der Waals surface area contributed by atoms with Gasteiger partial charge in [-0.05, 0) is 272 Å². The zero-order chi connectivity index (χ0) is 97.8. The molecular weight excluding hydrogens is 1860 g/mol. The second-order valence-corrected chi connectivity index (χ2v) is 40.5. The lowest BCUT2D eigenvalue weighted by Gasteiger charge is -2.48. The predicted molar refractivity (Wildman–Crippen MR) is 612 cm³/mol. The molecule has 0 atom stereocenters. The number of rotatable bonds is 7. The molecule has 0 amide bonds. The lowest BCUT2D eigenvalue weighted by molar-refractivity contribution is 0.476. The summed E-state index contributed by atoms with van der Waals surface area (Å²) in [5.74, 6) is 10.3. The minimum atomic E-state index is -0.0498. The molecule has 0 aliphatic carbocycles. The second-order valence-electron chi connectivity index (χ2n) is 39.5. The Kier molecular flexibility index (Phi) is 17.7. The average Bonchev–Trinajstić information content (AvgIpc) is 0.676. The van der Waals surface area contributed by atoms with Gasteiger partial charge in [-0.2, -0.15) is 0 Å². The molecule has 0 unspecified atom stereocenters. The first-order chi connectivity index (χ1) is 74.5. The summed E-state index contributed by atoms with van der Waals surface area (Å²) in [6, 6.07) is 171. The normalized spacial score (nSPS) is 13.9. The van der Waals surface area contributed by atoms with E-state index in [0.717, 1.165) is 194 Å². The molecule has 13 aliphatic heterocycles. The van der Waals surface area contributed by atoms with Gasteiger partial charge in [-0.25, -0.2) is 0 Å². The van der Waals surface area contributed by atoms with Crippen LogP contribution in [0, 0.1) is 0 Å². The Morgan fingerprint density at radius 3 is 0.753 bits per heavy atom. The summed E-state index contributed by atoms with van der Waals surface area (Å²) in [5.41, 5.74) is 44.7. The summed E-state index contributed by atoms with van der Waals surface area (Å²) in [7, 11) is 0. The van der Waals surface area contributed by atoms with Crippen LogP contribution in [0.15, 0.2) is 489 Å². The molecule has 35 rings (SSSR count). The van der Waals surface area contributed by atoms with Crippen LogP contribution < -0.4 is 117 Å². The maximum absolute atomic E-state index is 6.65. The Hall–Kier alpha value is -19.4. The van der Waals surface area contributed by atoms with E-state index in [1.165, 1.54) is 104 Å². The van der Waals surface area contributed by atoms with Gasteiger partial charge in [0, 0.05) is 60.7 Å². The first-order valence-electron chi connectivity index (χ1n) is 51.0. The van der Waals surface area contributed by atoms with Crippen molar-refractivity contribution < 1.29 is 28.4 Å². The third-order valence-corrected chi connectivity index (χ3v) is 32.7. The summed E-state index contributed by atoms with van der Waals surface area (Å²) in [6.07, 6.45) is 0. The average molecular weight is 1940 g/mol. The van der Waals surface area contributed by atoms with Crippen molar-refractivity contribution in [2.45, 2.75) is 9.79 Å². The number of ether oxygens (including phenoxy) is 6. The lowest BCUT2D eigenvalue weighted by Crippen LogP contribution is -2.62. The van der Waals surface area contributed by atoms with Crippen molar-refractivity contribution in [3.8, 4) is 102 Å². The summed E-state index contributed by atoms with van der Waals surface area (Å²) >= 11 is 1.83. The molecule has 0 spiro atoms. The third kappa shape index (κ3) is 11.9. The number of hydrogen-bond acceptors (Lipinski definition) is 15. The monoisotopic (exact) mass is 1940 g/mol. The van der Waals surface area contributed by atoms with Crippen LogP contribution in [0.4, 0.5) is 136 Å². The Balaban J connectivity index is 0.0000000978. The molecule has 698 valence electrons. The minimum absolute atomic E-state index is 0.0151. The van der Waals surface area contributed by atoms with E-state index in [1.807, 2.05) is 36.0 Å². The molecule has 150 heavy (non-hydrogen) atoms. The van der Waals surface area contributed by atoms with E-state index in [0.29, 0.717) is 0 Å². The Labute approximate surface area is 870 Å². The smallest absolute Gasteiger partial charge is 0.252 e. The molecule has 13 heterocycles. The zero-order valence-electron chi connectivity index (χ0n) is 80.3. The molecule has 18 heteroatoms. The molecule has 0 fully saturated rings. The fraction of sp³-hybridized carbons (Fsp3) is 0. The maximum atomic E-state index is 6.65. The summed E-state index contributed by atoms with van der Waals surface area (Å²) < 4.78 is 39.8. The van der Waals surface area contributed by atoms with E-state index in [9.17, 15) is 0 Å². The quantitative estimate of drug-likeness (QED) is 0.142. The van der Waals surface area contributed by atoms with Gasteiger partial charge in [-0.15, -0.1) is 0 Å². The Bertz CT molecular complexity index is 9080. The highest BCUT2D eigenvalue weighted by atomic mass is 32.2. The van der Waals surface area contributed by atoms with Crippen molar-refractivity contribution in [2.75, 3.05) is 39.2 Å². The Morgan fingerprint density at radius 1 is 0.167 bits per heavy atom. The van der Waals surface area contributed by atoms with Crippen molar-refractivity contribution in [1.29, 1.82) is 0 Å². The summed E-state index contributed by atoms with van der Waals surface area (Å²) in [5, 5.41) is 0. The van der Waals surface area contributed by atoms with Crippen molar-refractivity contribution in [1.82, 2.24) is 0 Å². The zero-order valence-corrected chi connectivity index (χ0v) is 81.1. The SMILES string of the molecule is c1ccc(-c2cc(-c3ccccc3)c3c4c2N2c5ccccc5Oc5cccc(c52)B4c2cccc4c2N3c2ccccc2O4)cc1.c1ccc(N(c2ccccc2)c2cc3c4c(c2)N2c5ccccc5Oc5cccc(c52)B4c2cccc4c2N3c2ccccc2O4)cc1.c1ccc2c(c1)Oc1cccc3c1N2c1cc(-c2ccc(N4c5ccccc5Sc5ccccc54)cc2)cc2c1B3c1cccc3c1N2c1ccccc1O3. The highest BCUT2D eigenvalue weighted by molar-refractivity contribution is 7.99. The largest absolute Gasteiger partial charge is 0.453 e. The standard InChI is InChI=1S/C48H28BN3O2S.C42H26BN3O2.C42H25BN2O2/c1-5-17-40-34(13-1)51-38-27-30(29-23-25-31(26-24-29)50-36-15-3-7-21-44(36)55-45-22-8-4-16-37(45)50)28-39-46(38)49(32-11-9-19-42(53-40)47(32)51)33-12-10-20-43-48(33)52(39)35-14-2-6-18-41(35)54-43;1-3-13-27(14-4-1)44(28-15-5-2-6-16-28)29-25-34-40-35(26-29)46-33-20-8-10-22-37(33)48-39-24-12-18-31(42(39)46)43(40)30-17-11-23-38-41(30)45(34)32-19-7-9-21-36(32)47-38;1-3-13-26(14-4-1)28-25-29(27-15-5-2-6-16-27)40-38-39(28)44-32-19-7-9-21-34(32)46-36-23-11-17-30(41(36)44)43(38)31-18-12-24-37-42(31)45(40)33-20-8-10-22-35(33)47-37/h1-28H;1-26H;1-25H. The molecule has 0 saturated heterocycles. The van der Waals surface area contributed by atoms with Crippen LogP contribution in [0.2, 0.25) is 0 Å². The molecule has 0 saturated carbocycles. The van der Waals surface area contributed by atoms with Gasteiger partial charge in [0.25, 0.3) is 20.1 Å². The van der Waals surface area contributed by atoms with E-state index in [2.05, 4.69) is 494 Å². The van der Waals surface area contributed by atoms with Gasteiger partial charge < -0.3 is 67.6 Å². The molecule has 14 nitrogen and oxygen atoms in total. The number of nitrogens with zero attached hydrogens (tertiary/aromatic N) is 8. The molecule has 22 aromatic carbocycles. The molecule has 22 aromatic rings. The number of para-hydroxylation sites is 22. The van der Waals surface area contributed by atoms with Crippen molar-refractivity contribution in [3.05, 3.63) is 479 Å². The van der Waals surface area contributed by atoms with Gasteiger partial charge in [0.2, 0.25) is 0 Å². The van der Waals surface area contributed by atoms with E-state index < -0.39 is 0 Å². The van der Waals surface area contributed by atoms with Crippen LogP contribution in [0.25, 0.3) is 33.4 Å². The number of anilines is 24. The molecule has 0 radical (unpaired) electrons. The van der Waals surface area contributed by atoms with Gasteiger partial charge in [0.15, 0.2) is 69.0 Å². The van der Waals surface area contributed by atoms with Crippen LogP contribution in [0.1, 0.15) is 0 Å². The summed E-state index contributed by atoms with van der Waals surface area (Å²) in [6.45, 7) is -0.0871. The topological polar surface area (TPSA) is 81.3 Å². The minimum Gasteiger partial charge on any atom is -0.453 e. The highest BCUT2D eigenvalue weighted by Gasteiger charge is 2.54. The molecule has 0 aromatic heterocycles. The van der Waals surface area contributed by atoms with Crippen LogP contribution in [-0.4, -0.2) is 20.1 Å². The Morgan fingerprint density at radius 2 is 0.427 bits per heavy atom. The van der Waals surface area contributed by atoms with E-state index in [4.69, 9.17) is 28.4 Å². The first kappa shape index (κ1) is 83.0. The van der Waals surface area contributed by atoms with Gasteiger partial charge in [0.1, 0.15) is 0 Å². The van der Waals surface area contributed by atoms with Crippen LogP contribution in [0.3, 0.4) is 0 Å². The second kappa shape index (κ2) is 32.0. The maximum Gasteiger partial charge on any atom is 0.252 e. The number of benzene rings is 22. The van der Waals surface area contributed by atoms with Crippen LogP contribution >= 0.6 is 11.8 Å². The van der Waals surface area contributed by atoms with Crippen LogP contribution in [-0.2, 0) is 0 Å². The van der Waals surface area contributed by atoms with E-state index in [-0.39, 0.29) is 20.1 Å². The summed E-state index contributed by atoms with van der Waals surface area (Å²) in [4.78, 5) is 21.9. The number of fused-ring (bicyclic) bond motifs is 26. The molecule has 0 bridgehead atoms. The molecule has 13 aliphatic rings. The first-order valence-corrected chi connectivity index (χ1v) is 51.8. The highest BCUT2D eigenvalue weighted by Crippen LogP contribution is 2.65. The van der Waals surface area contributed by atoms with Gasteiger partial charge >= 0.3 is 0 Å². The fourth-order valence-electron chi connectivity index (χ4n) is 25.6. The van der Waals surface area contributed by atoms with E-state index in [1.54, 1.807) is 0 Å². The third-order valence-electron chi connectivity index (χ3n) is 31.5. The predicted octanol–water partition coefficient (Wildman–Crippen LogP) is 30.3. The molecule has 0 N–H and O–H groups in total. The fourth-order valence-corrected chi connectivity index (χ4v) is 26.7. The lowest BCUT2D eigenvalue weighted by atomic mass is 9.33. The van der Waals surface area contributed by atoms with E-state index >= 15 is 0 Å². The van der Waals surface area contributed by atoms with Gasteiger partial charge in [0.05, 0.1) is 96.7 Å². The number of hydrogen-bond donors (Lipinski definition) is 0. The van der Waals surface area contributed by atoms with Crippen molar-refractivity contribution in [2.24, 2.45) is 0 Å². The van der Waals surface area contributed by atoms with Crippen LogP contribution in [0.5, 0.6) is 69.0 Å².